The number of nitrogens with one attached hydrogen (secondary N) is 2. The molecule has 0 saturated carbocycles. The maximum absolute atomic E-state index is 15.5. The molecule has 3 N–H and O–H groups in total. The number of anilines is 1. The van der Waals surface area contributed by atoms with E-state index in [1.165, 1.54) is 71.6 Å². The molecule has 3 unspecified atom stereocenters. The van der Waals surface area contributed by atoms with E-state index >= 15 is 4.39 Å². The Morgan fingerprint density at radius 2 is 1.39 bits per heavy atom. The van der Waals surface area contributed by atoms with Crippen molar-refractivity contribution < 1.29 is 46.9 Å². The van der Waals surface area contributed by atoms with E-state index in [9.17, 15) is 28.3 Å². The van der Waals surface area contributed by atoms with Crippen LogP contribution >= 0.6 is 0 Å². The van der Waals surface area contributed by atoms with Gasteiger partial charge in [-0.1, -0.05) is 30.3 Å². The molecular formula is C38H46F3N3O7. The number of alkyl carbamates (subject to hydrolysis) is 1. The monoisotopic (exact) mass is 713 g/mol. The highest BCUT2D eigenvalue weighted by Gasteiger charge is 2.36. The van der Waals surface area contributed by atoms with E-state index in [0.29, 0.717) is 11.1 Å². The van der Waals surface area contributed by atoms with Crippen LogP contribution in [-0.2, 0) is 25.4 Å². The van der Waals surface area contributed by atoms with Crippen LogP contribution in [0.5, 0.6) is 0 Å². The van der Waals surface area contributed by atoms with Crippen molar-refractivity contribution in [1.82, 2.24) is 10.2 Å². The average Bonchev–Trinajstić information content (AvgIpc) is 3.04. The predicted molar refractivity (Wildman–Crippen MR) is 185 cm³/mol. The molecule has 4 rings (SSSR count). The molecule has 1 fully saturated rings. The second kappa shape index (κ2) is 16.6. The second-order valence-corrected chi connectivity index (χ2v) is 14.4. The van der Waals surface area contributed by atoms with Crippen LogP contribution in [0.25, 0.3) is 0 Å². The van der Waals surface area contributed by atoms with E-state index in [2.05, 4.69) is 10.6 Å². The van der Waals surface area contributed by atoms with E-state index in [-0.39, 0.29) is 43.8 Å². The first-order valence-corrected chi connectivity index (χ1v) is 16.8. The molecule has 0 bridgehead atoms. The normalized spacial score (nSPS) is 17.1. The van der Waals surface area contributed by atoms with Crippen LogP contribution in [0.4, 0.5) is 28.4 Å². The summed E-state index contributed by atoms with van der Waals surface area (Å²) in [5.41, 5.74) is -0.533. The lowest BCUT2D eigenvalue weighted by molar-refractivity contribution is -0.118. The van der Waals surface area contributed by atoms with Gasteiger partial charge in [-0.05, 0) is 102 Å². The number of carbonyl (C=O) groups is 3. The molecule has 1 saturated heterocycles. The summed E-state index contributed by atoms with van der Waals surface area (Å²) in [5, 5.41) is 15.2. The van der Waals surface area contributed by atoms with Gasteiger partial charge in [0.05, 0.1) is 31.9 Å². The van der Waals surface area contributed by atoms with Gasteiger partial charge in [0.15, 0.2) is 0 Å². The molecule has 3 amide bonds. The smallest absolute Gasteiger partial charge is 0.410 e. The van der Waals surface area contributed by atoms with Crippen molar-refractivity contribution in [3.63, 3.8) is 0 Å². The number of benzene rings is 3. The van der Waals surface area contributed by atoms with Crippen LogP contribution in [0, 0.1) is 17.5 Å². The van der Waals surface area contributed by atoms with Gasteiger partial charge in [0.1, 0.15) is 34.7 Å². The summed E-state index contributed by atoms with van der Waals surface area (Å²) < 4.78 is 60.4. The maximum atomic E-state index is 15.5. The highest BCUT2D eigenvalue weighted by molar-refractivity contribution is 5.98. The Kier molecular flexibility index (Phi) is 12.7. The minimum Gasteiger partial charge on any atom is -0.444 e. The first-order valence-electron chi connectivity index (χ1n) is 16.8. The Hall–Kier alpha value is -4.62. The third-order valence-electron chi connectivity index (χ3n) is 7.93. The summed E-state index contributed by atoms with van der Waals surface area (Å²) in [6.07, 6.45) is -2.46. The van der Waals surface area contributed by atoms with Gasteiger partial charge in [-0.3, -0.25) is 4.79 Å². The first-order chi connectivity index (χ1) is 23.9. The van der Waals surface area contributed by atoms with Crippen molar-refractivity contribution >= 4 is 23.8 Å². The highest BCUT2D eigenvalue weighted by atomic mass is 19.1. The molecule has 0 radical (unpaired) electrons. The third-order valence-corrected chi connectivity index (χ3v) is 7.93. The molecule has 3 aromatic rings. The molecule has 3 aromatic carbocycles. The average molecular weight is 714 g/mol. The number of amides is 3. The van der Waals surface area contributed by atoms with Gasteiger partial charge in [-0.25, -0.2) is 22.8 Å². The molecule has 276 valence electrons. The van der Waals surface area contributed by atoms with Gasteiger partial charge in [0.25, 0.3) is 0 Å². The van der Waals surface area contributed by atoms with Crippen LogP contribution in [0.1, 0.15) is 70.6 Å². The molecule has 51 heavy (non-hydrogen) atoms. The second-order valence-electron chi connectivity index (χ2n) is 14.4. The predicted octanol–water partition coefficient (Wildman–Crippen LogP) is 6.70. The fourth-order valence-electron chi connectivity index (χ4n) is 5.76. The molecular weight excluding hydrogens is 667 g/mol. The van der Waals surface area contributed by atoms with Crippen molar-refractivity contribution in [2.45, 2.75) is 89.8 Å². The van der Waals surface area contributed by atoms with Gasteiger partial charge in [0.2, 0.25) is 5.91 Å². The molecule has 1 aliphatic rings. The van der Waals surface area contributed by atoms with Crippen LogP contribution < -0.4 is 10.6 Å². The first kappa shape index (κ1) is 39.2. The number of nitrogens with zero attached hydrogens (tertiary/aromatic N) is 1. The number of aliphatic hydroxyl groups is 1. The summed E-state index contributed by atoms with van der Waals surface area (Å²) in [6.45, 7) is 10.1. The molecule has 3 atom stereocenters. The van der Waals surface area contributed by atoms with Crippen LogP contribution in [0.2, 0.25) is 0 Å². The number of hydrogen-bond acceptors (Lipinski definition) is 7. The molecule has 0 spiro atoms. The van der Waals surface area contributed by atoms with E-state index in [4.69, 9.17) is 14.2 Å². The standard InChI is InChI=1S/C38H46F3N3O7/c1-37(2,3)50-35(47)43-33(32(23-10-14-25(39)15-11-23)24-12-16-26(40)17-13-24)34(46)42-31-9-7-8-30(41)29(31)19-18-27-20-44(21-28(22-45)49-27)36(48)51-38(4,5)6/h7-17,27-28,32-33,45H,18-22H2,1-6H3,(H,42,46)(H,43,47). The summed E-state index contributed by atoms with van der Waals surface area (Å²) in [5.74, 6) is -3.37. The Morgan fingerprint density at radius 3 is 1.92 bits per heavy atom. The number of carbonyl (C=O) groups excluding carboxylic acids is 3. The van der Waals surface area contributed by atoms with Gasteiger partial charge in [-0.2, -0.15) is 0 Å². The van der Waals surface area contributed by atoms with Gasteiger partial charge in [-0.15, -0.1) is 0 Å². The largest absolute Gasteiger partial charge is 0.444 e. The van der Waals surface area contributed by atoms with E-state index in [1.807, 2.05) is 0 Å². The fourth-order valence-corrected chi connectivity index (χ4v) is 5.76. The third kappa shape index (κ3) is 11.4. The number of ether oxygens (including phenoxy) is 3. The van der Waals surface area contributed by atoms with Gasteiger partial charge >= 0.3 is 12.2 Å². The molecule has 1 heterocycles. The topological polar surface area (TPSA) is 126 Å². The van der Waals surface area contributed by atoms with Crippen molar-refractivity contribution in [2.24, 2.45) is 0 Å². The lowest BCUT2D eigenvalue weighted by Gasteiger charge is -2.38. The number of aliphatic hydroxyl groups excluding tert-OH is 1. The quantitative estimate of drug-likeness (QED) is 0.214. The zero-order valence-electron chi connectivity index (χ0n) is 29.7. The lowest BCUT2D eigenvalue weighted by Crippen LogP contribution is -2.52. The SMILES string of the molecule is CC(C)(C)OC(=O)NC(C(=O)Nc1cccc(F)c1CCC1CN(C(=O)OC(C)(C)C)CC(CO)O1)C(c1ccc(F)cc1)c1ccc(F)cc1. The maximum Gasteiger partial charge on any atom is 0.410 e. The van der Waals surface area contributed by atoms with E-state index < -0.39 is 70.9 Å². The Labute approximate surface area is 296 Å². The lowest BCUT2D eigenvalue weighted by atomic mass is 9.84. The highest BCUT2D eigenvalue weighted by Crippen LogP contribution is 2.31. The molecule has 13 heteroatoms. The Bertz CT molecular complexity index is 1610. The molecule has 1 aliphatic heterocycles. The van der Waals surface area contributed by atoms with E-state index in [0.717, 1.165) is 0 Å². The number of hydrogen-bond donors (Lipinski definition) is 3. The molecule has 0 aliphatic carbocycles. The fraction of sp³-hybridized carbons (Fsp3) is 0.447. The van der Waals surface area contributed by atoms with Crippen molar-refractivity contribution in [1.29, 1.82) is 0 Å². The summed E-state index contributed by atoms with van der Waals surface area (Å²) >= 11 is 0. The van der Waals surface area contributed by atoms with Crippen molar-refractivity contribution in [3.05, 3.63) is 101 Å². The van der Waals surface area contributed by atoms with E-state index in [1.54, 1.807) is 41.5 Å². The zero-order chi connectivity index (χ0) is 37.5. The summed E-state index contributed by atoms with van der Waals surface area (Å²) in [4.78, 5) is 41.7. The zero-order valence-corrected chi connectivity index (χ0v) is 29.7. The van der Waals surface area contributed by atoms with Crippen LogP contribution in [-0.4, -0.2) is 77.2 Å². The number of rotatable bonds is 10. The van der Waals surface area contributed by atoms with Crippen LogP contribution in [0.15, 0.2) is 66.7 Å². The Balaban J connectivity index is 1.64. The molecule has 0 aromatic heterocycles. The summed E-state index contributed by atoms with van der Waals surface area (Å²) in [7, 11) is 0. The minimum absolute atomic E-state index is 0.0662. The van der Waals surface area contributed by atoms with Crippen molar-refractivity contribution in [3.8, 4) is 0 Å². The number of morpholine rings is 1. The Morgan fingerprint density at radius 1 is 0.843 bits per heavy atom. The number of halogens is 3. The summed E-state index contributed by atoms with van der Waals surface area (Å²) in [6, 6.07) is 13.4. The molecule has 10 nitrogen and oxygen atoms in total. The van der Waals surface area contributed by atoms with Crippen molar-refractivity contribution in [2.75, 3.05) is 25.0 Å². The van der Waals surface area contributed by atoms with Gasteiger partial charge < -0.3 is 34.9 Å². The van der Waals surface area contributed by atoms with Gasteiger partial charge in [0, 0.05) is 17.2 Å². The van der Waals surface area contributed by atoms with Crippen LogP contribution in [0.3, 0.4) is 0 Å². The minimum atomic E-state index is -1.40.